The molecule has 108 valence electrons. The molecule has 1 aliphatic heterocycles. The first-order chi connectivity index (χ1) is 9.13. The molecule has 2 atom stereocenters. The number of aliphatic hydroxyl groups is 1. The average molecular weight is 265 g/mol. The molecule has 4 heteroatoms. The van der Waals surface area contributed by atoms with Crippen molar-refractivity contribution in [3.05, 3.63) is 18.0 Å². The minimum absolute atomic E-state index is 0.127. The van der Waals surface area contributed by atoms with E-state index >= 15 is 0 Å². The maximum absolute atomic E-state index is 9.76. The van der Waals surface area contributed by atoms with E-state index in [1.165, 1.54) is 0 Å². The second kappa shape index (κ2) is 6.53. The molecular formula is C15H27N3O. The van der Waals surface area contributed by atoms with Crippen molar-refractivity contribution >= 4 is 0 Å². The normalized spacial score (nSPS) is 25.1. The van der Waals surface area contributed by atoms with E-state index < -0.39 is 0 Å². The summed E-state index contributed by atoms with van der Waals surface area (Å²) in [6.07, 6.45) is 5.12. The first-order valence-corrected chi connectivity index (χ1v) is 7.58. The van der Waals surface area contributed by atoms with Gasteiger partial charge in [0.2, 0.25) is 0 Å². The lowest BCUT2D eigenvalue weighted by Gasteiger charge is -2.33. The van der Waals surface area contributed by atoms with Crippen LogP contribution in [-0.2, 0) is 6.54 Å². The van der Waals surface area contributed by atoms with Gasteiger partial charge < -0.3 is 5.11 Å². The number of hydrogen-bond donors (Lipinski definition) is 1. The van der Waals surface area contributed by atoms with E-state index in [1.54, 1.807) is 0 Å². The fraction of sp³-hybridized carbons (Fsp3) is 0.800. The molecule has 19 heavy (non-hydrogen) atoms. The van der Waals surface area contributed by atoms with E-state index in [0.717, 1.165) is 44.6 Å². The third-order valence-electron chi connectivity index (χ3n) is 4.31. The lowest BCUT2D eigenvalue weighted by Crippen LogP contribution is -2.41. The first-order valence-electron chi connectivity index (χ1n) is 7.58. The third kappa shape index (κ3) is 3.57. The summed E-state index contributed by atoms with van der Waals surface area (Å²) < 4.78 is 2.11. The van der Waals surface area contributed by atoms with E-state index in [0.29, 0.717) is 12.0 Å². The monoisotopic (exact) mass is 265 g/mol. The smallest absolute Gasteiger partial charge is 0.0764 e. The highest BCUT2D eigenvalue weighted by molar-refractivity contribution is 5.00. The second-order valence-electron chi connectivity index (χ2n) is 5.83. The Bertz CT molecular complexity index is 386. The topological polar surface area (TPSA) is 41.3 Å². The van der Waals surface area contributed by atoms with Gasteiger partial charge in [-0.15, -0.1) is 0 Å². The molecule has 1 aliphatic rings. The minimum Gasteiger partial charge on any atom is -0.393 e. The molecule has 2 unspecified atom stereocenters. The quantitative estimate of drug-likeness (QED) is 0.889. The molecule has 0 aliphatic carbocycles. The molecule has 0 radical (unpaired) electrons. The molecule has 0 spiro atoms. The van der Waals surface area contributed by atoms with Crippen molar-refractivity contribution in [3.8, 4) is 0 Å². The Hall–Kier alpha value is -0.870. The molecule has 2 rings (SSSR count). The molecule has 1 aromatic rings. The molecule has 0 saturated carbocycles. The molecule has 1 saturated heterocycles. The number of likely N-dealkylation sites (tertiary alicyclic amines) is 1. The molecule has 0 bridgehead atoms. The van der Waals surface area contributed by atoms with Gasteiger partial charge in [-0.1, -0.05) is 20.8 Å². The highest BCUT2D eigenvalue weighted by atomic mass is 16.3. The Morgan fingerprint density at radius 1 is 1.42 bits per heavy atom. The molecule has 0 amide bonds. The number of nitrogens with zero attached hydrogens (tertiary/aromatic N) is 3. The van der Waals surface area contributed by atoms with Crippen molar-refractivity contribution in [2.24, 2.45) is 5.92 Å². The summed E-state index contributed by atoms with van der Waals surface area (Å²) in [6, 6.07) is 2.66. The second-order valence-corrected chi connectivity index (χ2v) is 5.83. The van der Waals surface area contributed by atoms with Crippen LogP contribution in [0.4, 0.5) is 0 Å². The van der Waals surface area contributed by atoms with Gasteiger partial charge in [-0.25, -0.2) is 0 Å². The zero-order valence-electron chi connectivity index (χ0n) is 12.4. The summed E-state index contributed by atoms with van der Waals surface area (Å²) in [6.45, 7) is 9.40. The van der Waals surface area contributed by atoms with Gasteiger partial charge in [-0.05, 0) is 31.2 Å². The summed E-state index contributed by atoms with van der Waals surface area (Å²) in [7, 11) is 0. The van der Waals surface area contributed by atoms with Crippen molar-refractivity contribution in [2.75, 3.05) is 13.1 Å². The first kappa shape index (κ1) is 14.5. The van der Waals surface area contributed by atoms with Crippen LogP contribution in [0.25, 0.3) is 0 Å². The maximum atomic E-state index is 9.76. The van der Waals surface area contributed by atoms with Crippen molar-refractivity contribution < 1.29 is 5.11 Å². The van der Waals surface area contributed by atoms with E-state index in [4.69, 9.17) is 5.10 Å². The lowest BCUT2D eigenvalue weighted by molar-refractivity contribution is 0.0315. The highest BCUT2D eigenvalue weighted by Crippen LogP contribution is 2.19. The number of piperidine rings is 1. The van der Waals surface area contributed by atoms with Crippen molar-refractivity contribution in [1.29, 1.82) is 0 Å². The Kier molecular flexibility index (Phi) is 4.99. The number of hydrogen-bond acceptors (Lipinski definition) is 3. The van der Waals surface area contributed by atoms with Crippen LogP contribution in [0.1, 0.15) is 51.8 Å². The Morgan fingerprint density at radius 2 is 2.16 bits per heavy atom. The lowest BCUT2D eigenvalue weighted by atomic mass is 9.97. The minimum atomic E-state index is -0.127. The number of aliphatic hydroxyl groups excluding tert-OH is 1. The van der Waals surface area contributed by atoms with Crippen LogP contribution in [0.15, 0.2) is 12.3 Å². The van der Waals surface area contributed by atoms with Crippen molar-refractivity contribution in [3.63, 3.8) is 0 Å². The Balaban J connectivity index is 1.93. The molecule has 1 N–H and O–H groups in total. The summed E-state index contributed by atoms with van der Waals surface area (Å²) >= 11 is 0. The molecule has 2 heterocycles. The van der Waals surface area contributed by atoms with Gasteiger partial charge in [0.1, 0.15) is 0 Å². The largest absolute Gasteiger partial charge is 0.393 e. The van der Waals surface area contributed by atoms with Gasteiger partial charge in [0.05, 0.1) is 17.8 Å². The molecular weight excluding hydrogens is 238 g/mol. The van der Waals surface area contributed by atoms with Crippen molar-refractivity contribution in [2.45, 2.75) is 58.7 Å². The number of rotatable bonds is 5. The van der Waals surface area contributed by atoms with E-state index in [2.05, 4.69) is 42.6 Å². The number of aromatic nitrogens is 2. The summed E-state index contributed by atoms with van der Waals surface area (Å²) in [4.78, 5) is 2.40. The molecule has 1 aromatic heterocycles. The highest BCUT2D eigenvalue weighted by Gasteiger charge is 2.24. The summed E-state index contributed by atoms with van der Waals surface area (Å²) in [5.41, 5.74) is 1.15. The fourth-order valence-corrected chi connectivity index (χ4v) is 2.92. The third-order valence-corrected chi connectivity index (χ3v) is 4.31. The maximum Gasteiger partial charge on any atom is 0.0764 e. The van der Waals surface area contributed by atoms with Crippen LogP contribution in [0.5, 0.6) is 0 Å². The van der Waals surface area contributed by atoms with Crippen LogP contribution < -0.4 is 0 Å². The summed E-state index contributed by atoms with van der Waals surface area (Å²) in [5.74, 6) is 0.370. The molecule has 0 aromatic carbocycles. The zero-order valence-corrected chi connectivity index (χ0v) is 12.4. The van der Waals surface area contributed by atoms with Crippen LogP contribution in [0.2, 0.25) is 0 Å². The van der Waals surface area contributed by atoms with Gasteiger partial charge in [-0.2, -0.15) is 5.10 Å². The van der Waals surface area contributed by atoms with E-state index in [9.17, 15) is 5.11 Å². The Morgan fingerprint density at radius 3 is 2.79 bits per heavy atom. The predicted octanol–water partition coefficient (Wildman–Crippen LogP) is 2.45. The van der Waals surface area contributed by atoms with Crippen molar-refractivity contribution in [1.82, 2.24) is 14.7 Å². The van der Waals surface area contributed by atoms with Gasteiger partial charge >= 0.3 is 0 Å². The van der Waals surface area contributed by atoms with Gasteiger partial charge in [-0.3, -0.25) is 9.58 Å². The summed E-state index contributed by atoms with van der Waals surface area (Å²) in [5, 5.41) is 14.5. The van der Waals surface area contributed by atoms with Crippen LogP contribution in [0.3, 0.4) is 0 Å². The van der Waals surface area contributed by atoms with Gasteiger partial charge in [0.15, 0.2) is 0 Å². The predicted molar refractivity (Wildman–Crippen MR) is 76.9 cm³/mol. The van der Waals surface area contributed by atoms with Crippen LogP contribution in [0, 0.1) is 5.92 Å². The SMILES string of the molecule is CCC(CC)n1ccc(CN2CCC(O)C(C)C2)n1. The Labute approximate surface area is 116 Å². The zero-order chi connectivity index (χ0) is 13.8. The van der Waals surface area contributed by atoms with Crippen LogP contribution in [-0.4, -0.2) is 39.0 Å². The van der Waals surface area contributed by atoms with Gasteiger partial charge in [0, 0.05) is 25.8 Å². The van der Waals surface area contributed by atoms with E-state index in [-0.39, 0.29) is 6.10 Å². The average Bonchev–Trinajstić information content (AvgIpc) is 2.84. The standard InChI is InChI=1S/C15H27N3O/c1-4-14(5-2)18-9-6-13(16-18)11-17-8-7-15(19)12(3)10-17/h6,9,12,14-15,19H,4-5,7-8,10-11H2,1-3H3. The van der Waals surface area contributed by atoms with Gasteiger partial charge in [0.25, 0.3) is 0 Å². The molecule has 4 nitrogen and oxygen atoms in total. The van der Waals surface area contributed by atoms with E-state index in [1.807, 2.05) is 0 Å². The van der Waals surface area contributed by atoms with Crippen LogP contribution >= 0.6 is 0 Å². The molecule has 1 fully saturated rings. The fourth-order valence-electron chi connectivity index (χ4n) is 2.92.